The fraction of sp³-hybridized carbons (Fsp3) is 0.739. The average Bonchev–Trinajstić information content (AvgIpc) is 0.815. The van der Waals surface area contributed by atoms with Crippen molar-refractivity contribution in [2.75, 3.05) is 26.4 Å². The van der Waals surface area contributed by atoms with Crippen molar-refractivity contribution in [1.29, 1.82) is 0 Å². The Hall–Kier alpha value is -3.64. The van der Waals surface area contributed by atoms with Crippen LogP contribution in [0, 0.1) is 0 Å². The molecule has 0 saturated heterocycles. The zero-order valence-corrected chi connectivity index (χ0v) is 73.4. The van der Waals surface area contributed by atoms with Gasteiger partial charge in [-0.15, -0.1) is 0 Å². The van der Waals surface area contributed by atoms with E-state index in [4.69, 9.17) is 18.9 Å². The van der Waals surface area contributed by atoms with E-state index < -0.39 is 53.9 Å². The minimum atomic E-state index is -4.83. The van der Waals surface area contributed by atoms with Gasteiger partial charge < -0.3 is 28.1 Å². The molecule has 0 amide bonds. The van der Waals surface area contributed by atoms with Gasteiger partial charge in [-0.2, -0.15) is 0 Å². The summed E-state index contributed by atoms with van der Waals surface area (Å²) in [5, 5.41) is 0. The third kappa shape index (κ3) is 64.3. The van der Waals surface area contributed by atoms with Crippen molar-refractivity contribution in [1.82, 2.24) is 0 Å². The number of ether oxygens (including phenoxy) is 4. The number of carbonyl (C=O) groups excluding carboxylic acids is 4. The molecule has 0 unspecified atom stereocenters. The standard InChI is InChI=1S/2C46H78O7S.Ca/c2*1-3-5-7-9-11-13-15-17-19-21-23-25-27-29-31-33-35-39-52-45(47)43-38-37-42(54(49,50)51)41-44(43)46(48)53-40-36-34-32-30-28-26-24-22-20-18-16-14-12-10-8-6-4-2;/h2*31-34,37-38,41H,3-30,35-36,39-40H2,1-2H3,(H,49,50,51);/q;;+2/p-2/b2*33-31+,34-32+;. The van der Waals surface area contributed by atoms with E-state index in [-0.39, 0.29) is 86.4 Å². The molecule has 0 radical (unpaired) electrons. The van der Waals surface area contributed by atoms with Gasteiger partial charge in [-0.05, 0) is 113 Å². The Bertz CT molecular complexity index is 2670. The molecule has 14 nitrogen and oxygen atoms in total. The molecule has 0 aliphatic rings. The third-order valence-electron chi connectivity index (χ3n) is 20.1. The summed E-state index contributed by atoms with van der Waals surface area (Å²) in [4.78, 5) is 50.3. The van der Waals surface area contributed by atoms with E-state index in [9.17, 15) is 45.1 Å². The minimum absolute atomic E-state index is 0. The van der Waals surface area contributed by atoms with Gasteiger partial charge in [0, 0.05) is 0 Å². The molecular weight excluding hydrogens is 1430 g/mol. The fourth-order valence-corrected chi connectivity index (χ4v) is 14.3. The monoisotopic (exact) mass is 1590 g/mol. The summed E-state index contributed by atoms with van der Waals surface area (Å²) < 4.78 is 91.3. The van der Waals surface area contributed by atoms with Crippen molar-refractivity contribution in [3.05, 3.63) is 107 Å². The Kier molecular flexibility index (Phi) is 74.4. The molecule has 2 aromatic carbocycles. The second-order valence-corrected chi connectivity index (χ2v) is 32.8. The molecule has 0 spiro atoms. The molecule has 0 saturated carbocycles. The molecule has 2 rings (SSSR count). The summed E-state index contributed by atoms with van der Waals surface area (Å²) in [6.45, 7) is 9.41. The van der Waals surface area contributed by atoms with Crippen molar-refractivity contribution in [2.45, 2.75) is 423 Å². The molecule has 0 atom stereocenters. The Morgan fingerprint density at radius 1 is 0.248 bits per heavy atom. The van der Waals surface area contributed by atoms with Crippen molar-refractivity contribution in [2.24, 2.45) is 0 Å². The van der Waals surface area contributed by atoms with Gasteiger partial charge in [0.1, 0.15) is 20.2 Å². The molecule has 0 aliphatic carbocycles. The summed E-state index contributed by atoms with van der Waals surface area (Å²) in [6.07, 6.45) is 91.1. The normalized spacial score (nSPS) is 11.8. The average molecular weight is 1590 g/mol. The second kappa shape index (κ2) is 77.0. The van der Waals surface area contributed by atoms with Crippen LogP contribution in [0.5, 0.6) is 0 Å². The summed E-state index contributed by atoms with van der Waals surface area (Å²) in [6, 6.07) is 6.13. The molecule has 0 aliphatic heterocycles. The van der Waals surface area contributed by atoms with Crippen molar-refractivity contribution in [3.8, 4) is 0 Å². The Balaban J connectivity index is 0.00000212. The largest absolute Gasteiger partial charge is 2.00 e. The molecule has 0 fully saturated rings. The van der Waals surface area contributed by atoms with E-state index in [0.29, 0.717) is 25.7 Å². The van der Waals surface area contributed by atoms with Crippen molar-refractivity contribution >= 4 is 81.9 Å². The topological polar surface area (TPSA) is 220 Å². The van der Waals surface area contributed by atoms with Gasteiger partial charge in [-0.1, -0.05) is 385 Å². The van der Waals surface area contributed by atoms with Gasteiger partial charge in [0.2, 0.25) is 0 Å². The number of hydrogen-bond donors (Lipinski definition) is 0. The van der Waals surface area contributed by atoms with Crippen LogP contribution in [0.4, 0.5) is 0 Å². The molecule has 0 heterocycles. The predicted molar refractivity (Wildman–Crippen MR) is 452 cm³/mol. The fourth-order valence-electron chi connectivity index (χ4n) is 13.3. The molecule has 2 aromatic rings. The van der Waals surface area contributed by atoms with Crippen LogP contribution in [0.25, 0.3) is 0 Å². The van der Waals surface area contributed by atoms with Gasteiger partial charge in [-0.3, -0.25) is 0 Å². The Morgan fingerprint density at radius 2 is 0.404 bits per heavy atom. The van der Waals surface area contributed by atoms with E-state index in [1.807, 2.05) is 24.3 Å². The molecule has 0 aromatic heterocycles. The van der Waals surface area contributed by atoms with Crippen LogP contribution in [-0.4, -0.2) is 114 Å². The summed E-state index contributed by atoms with van der Waals surface area (Å²) in [5.41, 5.74) is -0.820. The van der Waals surface area contributed by atoms with Gasteiger partial charge in [0.05, 0.1) is 58.5 Å². The summed E-state index contributed by atoms with van der Waals surface area (Å²) in [5.74, 6) is -3.26. The van der Waals surface area contributed by atoms with Crippen LogP contribution in [0.2, 0.25) is 0 Å². The number of benzene rings is 2. The van der Waals surface area contributed by atoms with Gasteiger partial charge in [0.25, 0.3) is 0 Å². The number of esters is 4. The first-order valence-corrected chi connectivity index (χ1v) is 46.9. The number of unbranched alkanes of at least 4 members (excludes halogenated alkanes) is 52. The van der Waals surface area contributed by atoms with Gasteiger partial charge in [0.15, 0.2) is 0 Å². The van der Waals surface area contributed by atoms with Crippen LogP contribution < -0.4 is 0 Å². The van der Waals surface area contributed by atoms with Gasteiger partial charge in [-0.25, -0.2) is 36.0 Å². The molecule has 17 heteroatoms. The van der Waals surface area contributed by atoms with Crippen molar-refractivity contribution in [3.63, 3.8) is 0 Å². The van der Waals surface area contributed by atoms with E-state index in [0.717, 1.165) is 87.8 Å². The van der Waals surface area contributed by atoms with Crippen molar-refractivity contribution < 1.29 is 64.1 Å². The quantitative estimate of drug-likeness (QED) is 0.0150. The molecule has 0 N–H and O–H groups in total. The first-order valence-electron chi connectivity index (χ1n) is 44.1. The smallest absolute Gasteiger partial charge is 0.744 e. The zero-order valence-electron chi connectivity index (χ0n) is 69.6. The first kappa shape index (κ1) is 105. The summed E-state index contributed by atoms with van der Waals surface area (Å²) in [7, 11) is -9.66. The molecule has 620 valence electrons. The number of rotatable bonds is 74. The van der Waals surface area contributed by atoms with E-state index in [2.05, 4.69) is 52.0 Å². The maximum atomic E-state index is 12.9. The third-order valence-corrected chi connectivity index (χ3v) is 21.7. The molecular formula is C92H154CaO14S2. The second-order valence-electron chi connectivity index (χ2n) is 30.0. The van der Waals surface area contributed by atoms with Crippen LogP contribution in [0.1, 0.15) is 454 Å². The van der Waals surface area contributed by atoms with Crippen LogP contribution in [0.15, 0.2) is 94.8 Å². The minimum Gasteiger partial charge on any atom is -0.744 e. The Labute approximate surface area is 696 Å². The zero-order chi connectivity index (χ0) is 78.8. The van der Waals surface area contributed by atoms with Crippen LogP contribution in [0.3, 0.4) is 0 Å². The SMILES string of the molecule is CCCCCCCCCCCCCCC/C=C/CCOC(=O)c1ccc(S(=O)(=O)[O-])cc1C(=O)OCC/C=C/CCCCCCCCCCCCCCC.CCCCCCCCCCCCCCC/C=C/CCOC(=O)c1ccc(S(=O)(=O)[O-])cc1C(=O)OCC/C=C/CCCCCCCCCCCCCCC.[Ca+2]. The molecule has 109 heavy (non-hydrogen) atoms. The summed E-state index contributed by atoms with van der Waals surface area (Å²) >= 11 is 0. The maximum absolute atomic E-state index is 12.9. The Morgan fingerprint density at radius 3 is 0.578 bits per heavy atom. The molecule has 0 bridgehead atoms. The first-order chi connectivity index (χ1) is 52.6. The number of carbonyl (C=O) groups is 4. The van der Waals surface area contributed by atoms with E-state index in [1.54, 1.807) is 0 Å². The van der Waals surface area contributed by atoms with Crippen LogP contribution in [-0.2, 0) is 39.2 Å². The number of allylic oxidation sites excluding steroid dienone is 4. The van der Waals surface area contributed by atoms with Crippen LogP contribution >= 0.6 is 0 Å². The van der Waals surface area contributed by atoms with E-state index in [1.165, 1.54) is 308 Å². The predicted octanol–water partition coefficient (Wildman–Crippen LogP) is 27.1. The number of hydrogen-bond acceptors (Lipinski definition) is 14. The van der Waals surface area contributed by atoms with Gasteiger partial charge >= 0.3 is 61.6 Å². The maximum Gasteiger partial charge on any atom is 2.00 e. The van der Waals surface area contributed by atoms with E-state index >= 15 is 0 Å².